The van der Waals surface area contributed by atoms with Gasteiger partial charge in [-0.15, -0.1) is 0 Å². The maximum Gasteiger partial charge on any atom is 0.344 e. The zero-order chi connectivity index (χ0) is 22.4. The number of esters is 1. The van der Waals surface area contributed by atoms with Gasteiger partial charge in [0, 0.05) is 21.9 Å². The van der Waals surface area contributed by atoms with Crippen molar-refractivity contribution in [2.24, 2.45) is 10.9 Å². The first-order chi connectivity index (χ1) is 15.5. The Hall–Kier alpha value is -3.73. The molecule has 160 valence electrons. The van der Waals surface area contributed by atoms with Crippen LogP contribution in [0, 0.1) is 5.92 Å². The Kier molecular flexibility index (Phi) is 4.89. The number of carbonyl (C=O) groups is 2. The highest BCUT2D eigenvalue weighted by molar-refractivity contribution is 6.53. The third-order valence-corrected chi connectivity index (χ3v) is 5.71. The summed E-state index contributed by atoms with van der Waals surface area (Å²) in [5.74, 6) is 0.899. The van der Waals surface area contributed by atoms with E-state index in [-0.39, 0.29) is 12.2 Å². The molecular formula is C27H23NO4. The van der Waals surface area contributed by atoms with Crippen LogP contribution in [0.1, 0.15) is 37.5 Å². The van der Waals surface area contributed by atoms with Crippen molar-refractivity contribution in [1.29, 1.82) is 0 Å². The van der Waals surface area contributed by atoms with E-state index in [1.54, 1.807) is 6.92 Å². The molecule has 5 heteroatoms. The molecule has 0 bridgehead atoms. The summed E-state index contributed by atoms with van der Waals surface area (Å²) >= 11 is 0. The Morgan fingerprint density at radius 2 is 1.78 bits per heavy atom. The minimum Gasteiger partial charge on any atom is -0.462 e. The van der Waals surface area contributed by atoms with Crippen molar-refractivity contribution in [3.63, 3.8) is 0 Å². The molecule has 5 rings (SSSR count). The molecule has 0 atom stereocenters. The third-order valence-electron chi connectivity index (χ3n) is 5.71. The van der Waals surface area contributed by atoms with Crippen molar-refractivity contribution in [3.8, 4) is 11.5 Å². The molecule has 3 aromatic carbocycles. The predicted molar refractivity (Wildman–Crippen MR) is 124 cm³/mol. The van der Waals surface area contributed by atoms with Gasteiger partial charge in [-0.3, -0.25) is 4.79 Å². The third kappa shape index (κ3) is 3.21. The first-order valence-corrected chi connectivity index (χ1v) is 10.9. The summed E-state index contributed by atoms with van der Waals surface area (Å²) in [5, 5.41) is 1.84. The van der Waals surface area contributed by atoms with Gasteiger partial charge < -0.3 is 9.47 Å². The fourth-order valence-corrected chi connectivity index (χ4v) is 4.46. The zero-order valence-corrected chi connectivity index (χ0v) is 18.3. The molecule has 1 amide bonds. The average Bonchev–Trinajstić information content (AvgIpc) is 3.26. The minimum atomic E-state index is -0.631. The summed E-state index contributed by atoms with van der Waals surface area (Å²) in [4.78, 5) is 29.1. The van der Waals surface area contributed by atoms with Gasteiger partial charge in [0.15, 0.2) is 0 Å². The van der Waals surface area contributed by atoms with Crippen LogP contribution in [0.5, 0.6) is 11.5 Å². The van der Waals surface area contributed by atoms with E-state index < -0.39 is 11.9 Å². The van der Waals surface area contributed by atoms with Gasteiger partial charge >= 0.3 is 5.97 Å². The number of benzene rings is 3. The smallest absolute Gasteiger partial charge is 0.344 e. The first kappa shape index (κ1) is 20.2. The molecule has 1 aliphatic heterocycles. The number of hydrogen-bond acceptors (Lipinski definition) is 4. The Balaban J connectivity index is 1.57. The van der Waals surface area contributed by atoms with Crippen LogP contribution in [-0.2, 0) is 20.7 Å². The Morgan fingerprint density at radius 3 is 2.50 bits per heavy atom. The van der Waals surface area contributed by atoms with Crippen LogP contribution in [0.25, 0.3) is 16.3 Å². The van der Waals surface area contributed by atoms with Gasteiger partial charge in [0.25, 0.3) is 5.91 Å². The molecule has 0 aromatic heterocycles. The monoisotopic (exact) mass is 425 g/mol. The maximum absolute atomic E-state index is 12.5. The number of nitrogens with zero attached hydrogens (tertiary/aromatic N) is 1. The topological polar surface area (TPSA) is 65.0 Å². The average molecular weight is 425 g/mol. The molecule has 2 aliphatic rings. The van der Waals surface area contributed by atoms with Gasteiger partial charge in [0.2, 0.25) is 0 Å². The minimum absolute atomic E-state index is 0.00811. The number of aliphatic imine (C=N–C) groups is 1. The molecular weight excluding hydrogens is 402 g/mol. The molecule has 3 aromatic rings. The molecule has 0 N–H and O–H groups in total. The summed E-state index contributed by atoms with van der Waals surface area (Å²) in [6, 6.07) is 17.8. The second-order valence-electron chi connectivity index (χ2n) is 8.42. The van der Waals surface area contributed by atoms with Gasteiger partial charge in [-0.05, 0) is 54.7 Å². The largest absolute Gasteiger partial charge is 0.462 e. The van der Waals surface area contributed by atoms with Gasteiger partial charge in [0.1, 0.15) is 17.1 Å². The number of carbonyl (C=O) groups excluding carboxylic acids is 2. The molecule has 0 unspecified atom stereocenters. The van der Waals surface area contributed by atoms with Crippen LogP contribution < -0.4 is 4.74 Å². The van der Waals surface area contributed by atoms with Crippen molar-refractivity contribution in [1.82, 2.24) is 0 Å². The number of fused-ring (bicyclic) bond motifs is 3. The van der Waals surface area contributed by atoms with E-state index in [1.807, 2.05) is 42.5 Å². The number of amides is 1. The van der Waals surface area contributed by atoms with Crippen LogP contribution in [0.2, 0.25) is 0 Å². The fourth-order valence-electron chi connectivity index (χ4n) is 4.46. The molecule has 0 saturated carbocycles. The molecule has 32 heavy (non-hydrogen) atoms. The van der Waals surface area contributed by atoms with E-state index in [9.17, 15) is 9.59 Å². The van der Waals surface area contributed by atoms with Crippen molar-refractivity contribution in [2.75, 3.05) is 6.61 Å². The summed E-state index contributed by atoms with van der Waals surface area (Å²) in [6.45, 7) is 6.32. The quantitative estimate of drug-likeness (QED) is 0.387. The summed E-state index contributed by atoms with van der Waals surface area (Å²) < 4.78 is 11.4. The van der Waals surface area contributed by atoms with Crippen molar-refractivity contribution >= 4 is 33.9 Å². The van der Waals surface area contributed by atoms with Gasteiger partial charge in [-0.2, -0.15) is 0 Å². The number of hydrogen-bond donors (Lipinski definition) is 0. The number of rotatable bonds is 6. The van der Waals surface area contributed by atoms with Crippen molar-refractivity contribution in [2.45, 2.75) is 27.2 Å². The Labute approximate surface area is 186 Å². The Bertz CT molecular complexity index is 1330. The van der Waals surface area contributed by atoms with E-state index >= 15 is 0 Å². The van der Waals surface area contributed by atoms with Gasteiger partial charge in [-0.25, -0.2) is 9.79 Å². The lowest BCUT2D eigenvalue weighted by molar-refractivity contribution is -0.139. The van der Waals surface area contributed by atoms with E-state index in [0.717, 1.165) is 34.1 Å². The maximum atomic E-state index is 12.5. The molecule has 5 nitrogen and oxygen atoms in total. The molecule has 0 saturated heterocycles. The highest BCUT2D eigenvalue weighted by Crippen LogP contribution is 2.46. The number of allylic oxidation sites excluding steroid dienone is 1. The summed E-state index contributed by atoms with van der Waals surface area (Å²) in [5.41, 5.74) is 4.02. The summed E-state index contributed by atoms with van der Waals surface area (Å²) in [6.07, 6.45) is 1.03. The summed E-state index contributed by atoms with van der Waals surface area (Å²) in [7, 11) is 0. The normalized spacial score (nSPS) is 14.2. The lowest BCUT2D eigenvalue weighted by Crippen LogP contribution is -2.13. The standard InChI is InChI=1S/C27H23NO4/c1-4-31-27(30)24-23-19-12-13-21(32-17-10-8-16(9-11-17)14-15(2)3)18-6-5-7-20(22(18)19)25(23)28-26(24)29/h5-13,15H,4,14H2,1-3H3. The van der Waals surface area contributed by atoms with Gasteiger partial charge in [-0.1, -0.05) is 44.2 Å². The first-order valence-electron chi connectivity index (χ1n) is 10.9. The van der Waals surface area contributed by atoms with Gasteiger partial charge in [0.05, 0.1) is 12.3 Å². The fraction of sp³-hybridized carbons (Fsp3) is 0.222. The molecule has 0 fully saturated rings. The molecule has 0 radical (unpaired) electrons. The SMILES string of the molecule is CCOC(=O)C1=C2C(=NC1=O)c1cccc3c(Oc4ccc(CC(C)C)cc4)ccc2c13. The lowest BCUT2D eigenvalue weighted by Gasteiger charge is -2.12. The lowest BCUT2D eigenvalue weighted by atomic mass is 10.0. The second kappa shape index (κ2) is 7.75. The van der Waals surface area contributed by atoms with E-state index in [0.29, 0.717) is 23.0 Å². The highest BCUT2D eigenvalue weighted by atomic mass is 16.5. The van der Waals surface area contributed by atoms with Crippen molar-refractivity contribution in [3.05, 3.63) is 76.9 Å². The molecule has 1 heterocycles. The number of ether oxygens (including phenoxy) is 2. The van der Waals surface area contributed by atoms with Crippen molar-refractivity contribution < 1.29 is 19.1 Å². The highest BCUT2D eigenvalue weighted by Gasteiger charge is 2.39. The predicted octanol–water partition coefficient (Wildman–Crippen LogP) is 5.49. The van der Waals surface area contributed by atoms with Crippen LogP contribution >= 0.6 is 0 Å². The van der Waals surface area contributed by atoms with E-state index in [4.69, 9.17) is 9.47 Å². The van der Waals surface area contributed by atoms with Crippen LogP contribution in [-0.4, -0.2) is 24.2 Å². The van der Waals surface area contributed by atoms with E-state index in [1.165, 1.54) is 5.56 Å². The molecule has 0 spiro atoms. The Morgan fingerprint density at radius 1 is 1.00 bits per heavy atom. The van der Waals surface area contributed by atoms with Crippen LogP contribution in [0.3, 0.4) is 0 Å². The van der Waals surface area contributed by atoms with Crippen LogP contribution in [0.15, 0.2) is 65.2 Å². The van der Waals surface area contributed by atoms with E-state index in [2.05, 4.69) is 31.0 Å². The van der Waals surface area contributed by atoms with Crippen LogP contribution in [0.4, 0.5) is 0 Å². The second-order valence-corrected chi connectivity index (χ2v) is 8.42. The zero-order valence-electron chi connectivity index (χ0n) is 18.3. The molecule has 1 aliphatic carbocycles.